The number of carbonyl (C=O) groups excluding carboxylic acids is 1. The number of carbonyl (C=O) groups is 1. The fourth-order valence-electron chi connectivity index (χ4n) is 2.54. The van der Waals surface area contributed by atoms with Gasteiger partial charge in [-0.2, -0.15) is 5.26 Å². The summed E-state index contributed by atoms with van der Waals surface area (Å²) in [5.74, 6) is 1.71. The first-order chi connectivity index (χ1) is 12.0. The predicted octanol–water partition coefficient (Wildman–Crippen LogP) is 3.65. The summed E-state index contributed by atoms with van der Waals surface area (Å²) in [5, 5.41) is 8.60. The van der Waals surface area contributed by atoms with Crippen LogP contribution in [0.4, 0.5) is 0 Å². The van der Waals surface area contributed by atoms with Gasteiger partial charge in [0.2, 0.25) is 5.91 Å². The molecule has 1 aromatic rings. The Hall–Kier alpha value is -2.48. The van der Waals surface area contributed by atoms with Gasteiger partial charge in [0, 0.05) is 18.7 Å². The van der Waals surface area contributed by atoms with Gasteiger partial charge in [-0.25, -0.2) is 0 Å². The van der Waals surface area contributed by atoms with Crippen molar-refractivity contribution < 1.29 is 14.3 Å². The van der Waals surface area contributed by atoms with E-state index < -0.39 is 0 Å². The summed E-state index contributed by atoms with van der Waals surface area (Å²) < 4.78 is 10.6. The Bertz CT molecular complexity index is 657. The summed E-state index contributed by atoms with van der Waals surface area (Å²) in [4.78, 5) is 14.5. The van der Waals surface area contributed by atoms with Gasteiger partial charge in [-0.05, 0) is 49.0 Å². The largest absolute Gasteiger partial charge is 0.493 e. The van der Waals surface area contributed by atoms with Crippen molar-refractivity contribution in [3.63, 3.8) is 0 Å². The Kier molecular flexibility index (Phi) is 6.88. The molecule has 1 aliphatic rings. The normalized spacial score (nSPS) is 13.7. The Labute approximate surface area is 149 Å². The number of rotatable bonds is 9. The monoisotopic (exact) mass is 342 g/mol. The van der Waals surface area contributed by atoms with Gasteiger partial charge < -0.3 is 14.4 Å². The Morgan fingerprint density at radius 2 is 2.16 bits per heavy atom. The third kappa shape index (κ3) is 5.82. The van der Waals surface area contributed by atoms with Crippen molar-refractivity contribution in [2.45, 2.75) is 39.2 Å². The molecule has 5 heteroatoms. The number of hydrogen-bond acceptors (Lipinski definition) is 4. The quantitative estimate of drug-likeness (QED) is 0.643. The number of methoxy groups -OCH3 is 1. The van der Waals surface area contributed by atoms with Gasteiger partial charge in [-0.1, -0.05) is 19.9 Å². The van der Waals surface area contributed by atoms with E-state index in [-0.39, 0.29) is 12.5 Å². The maximum Gasteiger partial charge on any atom is 0.246 e. The maximum atomic E-state index is 12.5. The van der Waals surface area contributed by atoms with Crippen LogP contribution < -0.4 is 9.47 Å². The highest BCUT2D eigenvalue weighted by Crippen LogP contribution is 2.29. The smallest absolute Gasteiger partial charge is 0.246 e. The molecule has 0 spiro atoms. The lowest BCUT2D eigenvalue weighted by Gasteiger charge is -2.21. The zero-order chi connectivity index (χ0) is 18.2. The van der Waals surface area contributed by atoms with Crippen molar-refractivity contribution in [1.29, 1.82) is 5.26 Å². The van der Waals surface area contributed by atoms with Gasteiger partial charge >= 0.3 is 0 Å². The van der Waals surface area contributed by atoms with Crippen molar-refractivity contribution in [3.05, 3.63) is 29.8 Å². The van der Waals surface area contributed by atoms with Gasteiger partial charge in [-0.15, -0.1) is 0 Å². The Morgan fingerprint density at radius 3 is 2.76 bits per heavy atom. The van der Waals surface area contributed by atoms with Crippen LogP contribution in [0.3, 0.4) is 0 Å². The zero-order valence-electron chi connectivity index (χ0n) is 15.2. The molecule has 25 heavy (non-hydrogen) atoms. The molecule has 0 unspecified atom stereocenters. The van der Waals surface area contributed by atoms with E-state index >= 15 is 0 Å². The van der Waals surface area contributed by atoms with E-state index in [4.69, 9.17) is 14.7 Å². The van der Waals surface area contributed by atoms with Crippen LogP contribution in [0.2, 0.25) is 0 Å². The highest BCUT2D eigenvalue weighted by molar-refractivity contribution is 5.92. The minimum absolute atomic E-state index is 0.0315. The molecule has 0 N–H and O–H groups in total. The van der Waals surface area contributed by atoms with E-state index in [0.29, 0.717) is 23.5 Å². The first-order valence-electron chi connectivity index (χ1n) is 8.71. The van der Waals surface area contributed by atoms with E-state index in [1.165, 1.54) is 0 Å². The summed E-state index contributed by atoms with van der Waals surface area (Å²) in [7, 11) is 1.55. The summed E-state index contributed by atoms with van der Waals surface area (Å²) in [6.45, 7) is 5.13. The molecule has 2 rings (SSSR count). The molecule has 1 amide bonds. The second-order valence-electron chi connectivity index (χ2n) is 6.64. The van der Waals surface area contributed by atoms with Crippen molar-refractivity contribution in [1.82, 2.24) is 4.90 Å². The molecule has 1 fully saturated rings. The fraction of sp³-hybridized carbons (Fsp3) is 0.500. The highest BCUT2D eigenvalue weighted by Gasteiger charge is 2.31. The second kappa shape index (κ2) is 9.12. The van der Waals surface area contributed by atoms with Crippen LogP contribution in [-0.2, 0) is 4.79 Å². The number of ether oxygens (including phenoxy) is 2. The summed E-state index contributed by atoms with van der Waals surface area (Å²) in [6.07, 6.45) is 6.66. The lowest BCUT2D eigenvalue weighted by Crippen LogP contribution is -2.33. The third-order valence-corrected chi connectivity index (χ3v) is 4.12. The van der Waals surface area contributed by atoms with Crippen molar-refractivity contribution in [2.75, 3.05) is 20.3 Å². The molecule has 5 nitrogen and oxygen atoms in total. The summed E-state index contributed by atoms with van der Waals surface area (Å²) >= 11 is 0. The van der Waals surface area contributed by atoms with Crippen molar-refractivity contribution in [2.24, 2.45) is 5.92 Å². The standard InChI is InChI=1S/C20H26N2O3/c1-15(2)10-12-22(17-6-7-17)20(23)9-5-16-4-8-18(25-13-11-21)19(14-16)24-3/h4-5,8-9,14-15,17H,6-7,10,12-13H2,1-3H3/b9-5+. The first kappa shape index (κ1) is 18.9. The van der Waals surface area contributed by atoms with E-state index in [1.54, 1.807) is 31.4 Å². The van der Waals surface area contributed by atoms with Crippen LogP contribution in [-0.4, -0.2) is 37.1 Å². The molecule has 1 saturated carbocycles. The lowest BCUT2D eigenvalue weighted by molar-refractivity contribution is -0.126. The summed E-state index contributed by atoms with van der Waals surface area (Å²) in [6, 6.07) is 7.73. The van der Waals surface area contributed by atoms with Gasteiger partial charge in [0.15, 0.2) is 18.1 Å². The van der Waals surface area contributed by atoms with E-state index in [0.717, 1.165) is 31.4 Å². The number of hydrogen-bond donors (Lipinski definition) is 0. The van der Waals surface area contributed by atoms with E-state index in [1.807, 2.05) is 17.0 Å². The fourth-order valence-corrected chi connectivity index (χ4v) is 2.54. The molecule has 0 aliphatic heterocycles. The molecule has 0 bridgehead atoms. The SMILES string of the molecule is COc1cc(/C=C/C(=O)N(CCC(C)C)C2CC2)ccc1OCC#N. The number of nitrogens with zero attached hydrogens (tertiary/aromatic N) is 2. The highest BCUT2D eigenvalue weighted by atomic mass is 16.5. The molecule has 0 atom stereocenters. The number of amides is 1. The molecular formula is C20H26N2O3. The predicted molar refractivity (Wildman–Crippen MR) is 97.3 cm³/mol. The van der Waals surface area contributed by atoms with Gasteiger partial charge in [0.05, 0.1) is 7.11 Å². The molecule has 134 valence electrons. The Balaban J connectivity index is 2.04. The third-order valence-electron chi connectivity index (χ3n) is 4.12. The topological polar surface area (TPSA) is 62.6 Å². The van der Waals surface area contributed by atoms with E-state index in [9.17, 15) is 4.79 Å². The maximum absolute atomic E-state index is 12.5. The average molecular weight is 342 g/mol. The minimum Gasteiger partial charge on any atom is -0.493 e. The van der Waals surface area contributed by atoms with Crippen LogP contribution >= 0.6 is 0 Å². The second-order valence-corrected chi connectivity index (χ2v) is 6.64. The molecule has 0 saturated heterocycles. The van der Waals surface area contributed by atoms with Crippen LogP contribution in [0, 0.1) is 17.2 Å². The van der Waals surface area contributed by atoms with Crippen molar-refractivity contribution >= 4 is 12.0 Å². The molecule has 0 aromatic heterocycles. The van der Waals surface area contributed by atoms with Gasteiger partial charge in [-0.3, -0.25) is 4.79 Å². The van der Waals surface area contributed by atoms with Crippen LogP contribution in [0.15, 0.2) is 24.3 Å². The summed E-state index contributed by atoms with van der Waals surface area (Å²) in [5.41, 5.74) is 0.856. The zero-order valence-corrected chi connectivity index (χ0v) is 15.2. The molecule has 0 radical (unpaired) electrons. The van der Waals surface area contributed by atoms with Crippen LogP contribution in [0.1, 0.15) is 38.7 Å². The van der Waals surface area contributed by atoms with Gasteiger partial charge in [0.25, 0.3) is 0 Å². The van der Waals surface area contributed by atoms with Crippen LogP contribution in [0.5, 0.6) is 11.5 Å². The van der Waals surface area contributed by atoms with Crippen LogP contribution in [0.25, 0.3) is 6.08 Å². The van der Waals surface area contributed by atoms with Gasteiger partial charge in [0.1, 0.15) is 6.07 Å². The average Bonchev–Trinajstić information content (AvgIpc) is 3.43. The first-order valence-corrected chi connectivity index (χ1v) is 8.71. The molecule has 1 aliphatic carbocycles. The number of benzene rings is 1. The molecule has 1 aromatic carbocycles. The minimum atomic E-state index is -0.0315. The molecule has 0 heterocycles. The van der Waals surface area contributed by atoms with Crippen molar-refractivity contribution in [3.8, 4) is 17.6 Å². The number of nitriles is 1. The van der Waals surface area contributed by atoms with E-state index in [2.05, 4.69) is 13.8 Å². The lowest BCUT2D eigenvalue weighted by atomic mass is 10.1. The molecular weight excluding hydrogens is 316 g/mol. The Morgan fingerprint density at radius 1 is 1.40 bits per heavy atom.